The van der Waals surface area contributed by atoms with Gasteiger partial charge in [0.05, 0.1) is 10.0 Å². The normalized spacial score (nSPS) is 22.2. The number of H-pyrrole nitrogens is 1. The van der Waals surface area contributed by atoms with Crippen molar-refractivity contribution in [2.75, 3.05) is 13.1 Å². The second kappa shape index (κ2) is 6.15. The van der Waals surface area contributed by atoms with E-state index in [-0.39, 0.29) is 28.6 Å². The van der Waals surface area contributed by atoms with Crippen LogP contribution in [0.4, 0.5) is 4.79 Å². The molecule has 6 nitrogen and oxygen atoms in total. The number of aryl methyl sites for hydroxylation is 1. The molecule has 0 aliphatic carbocycles. The maximum absolute atomic E-state index is 12.2. The highest BCUT2D eigenvalue weighted by atomic mass is 35.5. The number of carboxylic acid groups (broad SMARTS) is 1. The number of carbonyl (C=O) groups is 2. The fourth-order valence-electron chi connectivity index (χ4n) is 2.50. The summed E-state index contributed by atoms with van der Waals surface area (Å²) in [6.45, 7) is 4.45. The number of halogens is 2. The smallest absolute Gasteiger partial charge is 0.407 e. The molecule has 2 atom stereocenters. The standard InChI is InChI=1S/C13H17Cl2N3O3/c1-6-5-18(13(20)21)4-3-8(6)17-12(19)11-10(15)9(14)7(2)16-11/h6,8,16H,3-5H2,1-2H3,(H,17,19)(H,20,21)/t6-,8+/m0/s1. The van der Waals surface area contributed by atoms with E-state index >= 15 is 0 Å². The first-order valence-electron chi connectivity index (χ1n) is 6.63. The zero-order valence-corrected chi connectivity index (χ0v) is 13.3. The van der Waals surface area contributed by atoms with Crippen molar-refractivity contribution >= 4 is 35.2 Å². The Morgan fingerprint density at radius 1 is 1.38 bits per heavy atom. The highest BCUT2D eigenvalue weighted by molar-refractivity contribution is 6.44. The van der Waals surface area contributed by atoms with E-state index in [9.17, 15) is 9.59 Å². The van der Waals surface area contributed by atoms with Gasteiger partial charge in [0.2, 0.25) is 0 Å². The summed E-state index contributed by atoms with van der Waals surface area (Å²) in [7, 11) is 0. The highest BCUT2D eigenvalue weighted by Gasteiger charge is 2.30. The molecule has 0 saturated carbocycles. The van der Waals surface area contributed by atoms with Gasteiger partial charge in [-0.3, -0.25) is 4.79 Å². The first-order valence-corrected chi connectivity index (χ1v) is 7.39. The summed E-state index contributed by atoms with van der Waals surface area (Å²) in [6.07, 6.45) is -0.356. The maximum Gasteiger partial charge on any atom is 0.407 e. The number of carbonyl (C=O) groups excluding carboxylic acids is 1. The van der Waals surface area contributed by atoms with Gasteiger partial charge in [-0.1, -0.05) is 30.1 Å². The molecule has 0 unspecified atom stereocenters. The topological polar surface area (TPSA) is 85.4 Å². The van der Waals surface area contributed by atoms with Gasteiger partial charge in [0.1, 0.15) is 5.69 Å². The molecular weight excluding hydrogens is 317 g/mol. The Morgan fingerprint density at radius 2 is 2.05 bits per heavy atom. The van der Waals surface area contributed by atoms with Crippen molar-refractivity contribution in [1.82, 2.24) is 15.2 Å². The molecule has 1 fully saturated rings. The number of nitrogens with one attached hydrogen (secondary N) is 2. The fraction of sp³-hybridized carbons (Fsp3) is 0.538. The predicted molar refractivity (Wildman–Crippen MR) is 80.2 cm³/mol. The Labute approximate surface area is 132 Å². The molecule has 2 heterocycles. The Bertz CT molecular complexity index is 573. The van der Waals surface area contributed by atoms with Gasteiger partial charge in [0.15, 0.2) is 0 Å². The minimum atomic E-state index is -0.929. The van der Waals surface area contributed by atoms with E-state index in [2.05, 4.69) is 10.3 Å². The van der Waals surface area contributed by atoms with Crippen LogP contribution in [0.2, 0.25) is 10.0 Å². The van der Waals surface area contributed by atoms with Crippen molar-refractivity contribution in [3.8, 4) is 0 Å². The molecule has 1 aromatic rings. The number of aromatic amines is 1. The number of piperidine rings is 1. The van der Waals surface area contributed by atoms with Gasteiger partial charge in [-0.15, -0.1) is 0 Å². The number of nitrogens with zero attached hydrogens (tertiary/aromatic N) is 1. The van der Waals surface area contributed by atoms with E-state index in [1.807, 2.05) is 6.92 Å². The van der Waals surface area contributed by atoms with Crippen molar-refractivity contribution in [2.24, 2.45) is 5.92 Å². The number of rotatable bonds is 2. The average Bonchev–Trinajstić information content (AvgIpc) is 2.68. The second-order valence-corrected chi connectivity index (χ2v) is 6.08. The molecule has 1 saturated heterocycles. The van der Waals surface area contributed by atoms with Crippen molar-refractivity contribution in [3.05, 3.63) is 21.4 Å². The molecule has 21 heavy (non-hydrogen) atoms. The molecule has 116 valence electrons. The summed E-state index contributed by atoms with van der Waals surface area (Å²) < 4.78 is 0. The maximum atomic E-state index is 12.2. The Hall–Kier alpha value is -1.40. The van der Waals surface area contributed by atoms with Gasteiger partial charge in [-0.05, 0) is 19.3 Å². The van der Waals surface area contributed by atoms with E-state index in [1.165, 1.54) is 4.90 Å². The van der Waals surface area contributed by atoms with E-state index in [1.54, 1.807) is 6.92 Å². The minimum absolute atomic E-state index is 0.0316. The van der Waals surface area contributed by atoms with Crippen LogP contribution in [0.3, 0.4) is 0 Å². The van der Waals surface area contributed by atoms with E-state index in [0.717, 1.165) is 0 Å². The molecule has 8 heteroatoms. The Balaban J connectivity index is 2.03. The molecule has 0 bridgehead atoms. The van der Waals surface area contributed by atoms with Gasteiger partial charge in [0.25, 0.3) is 5.91 Å². The SMILES string of the molecule is Cc1[nH]c(C(=O)N[C@@H]2CCN(C(=O)O)C[C@@H]2C)c(Cl)c1Cl. The van der Waals surface area contributed by atoms with Crippen LogP contribution in [0.15, 0.2) is 0 Å². The van der Waals surface area contributed by atoms with Gasteiger partial charge >= 0.3 is 6.09 Å². The predicted octanol–water partition coefficient (Wildman–Crippen LogP) is 2.75. The summed E-state index contributed by atoms with van der Waals surface area (Å²) in [6, 6.07) is -0.0912. The van der Waals surface area contributed by atoms with Crippen molar-refractivity contribution < 1.29 is 14.7 Å². The van der Waals surface area contributed by atoms with Crippen molar-refractivity contribution in [3.63, 3.8) is 0 Å². The molecule has 2 rings (SSSR count). The molecule has 2 amide bonds. The van der Waals surface area contributed by atoms with Crippen LogP contribution in [0.5, 0.6) is 0 Å². The summed E-state index contributed by atoms with van der Waals surface area (Å²) in [5, 5.41) is 12.4. The molecule has 3 N–H and O–H groups in total. The minimum Gasteiger partial charge on any atom is -0.465 e. The van der Waals surface area contributed by atoms with Crippen LogP contribution in [-0.4, -0.2) is 46.1 Å². The third-order valence-electron chi connectivity index (χ3n) is 3.77. The van der Waals surface area contributed by atoms with E-state index in [4.69, 9.17) is 28.3 Å². The molecular formula is C13H17Cl2N3O3. The summed E-state index contributed by atoms with van der Waals surface area (Å²) in [4.78, 5) is 27.4. The van der Waals surface area contributed by atoms with Crippen LogP contribution < -0.4 is 5.32 Å². The summed E-state index contributed by atoms with van der Waals surface area (Å²) in [5.74, 6) is -0.292. The molecule has 1 aliphatic rings. The third kappa shape index (κ3) is 3.27. The monoisotopic (exact) mass is 333 g/mol. The van der Waals surface area contributed by atoms with Crippen LogP contribution in [0, 0.1) is 12.8 Å². The van der Waals surface area contributed by atoms with Crippen LogP contribution in [0.1, 0.15) is 29.5 Å². The van der Waals surface area contributed by atoms with Gasteiger partial charge < -0.3 is 20.3 Å². The number of aromatic nitrogens is 1. The van der Waals surface area contributed by atoms with Gasteiger partial charge in [0, 0.05) is 24.8 Å². The van der Waals surface area contributed by atoms with Crippen molar-refractivity contribution in [1.29, 1.82) is 0 Å². The lowest BCUT2D eigenvalue weighted by molar-refractivity contribution is 0.0850. The lowest BCUT2D eigenvalue weighted by Gasteiger charge is -2.35. The zero-order valence-electron chi connectivity index (χ0n) is 11.7. The molecule has 0 radical (unpaired) electrons. The first-order chi connectivity index (χ1) is 9.81. The number of likely N-dealkylation sites (tertiary alicyclic amines) is 1. The number of hydrogen-bond acceptors (Lipinski definition) is 2. The van der Waals surface area contributed by atoms with Gasteiger partial charge in [-0.2, -0.15) is 0 Å². The van der Waals surface area contributed by atoms with E-state index in [0.29, 0.717) is 30.2 Å². The van der Waals surface area contributed by atoms with Crippen LogP contribution >= 0.6 is 23.2 Å². The fourth-order valence-corrected chi connectivity index (χ4v) is 2.92. The second-order valence-electron chi connectivity index (χ2n) is 5.33. The van der Waals surface area contributed by atoms with Crippen LogP contribution in [0.25, 0.3) is 0 Å². The Morgan fingerprint density at radius 3 is 2.52 bits per heavy atom. The quantitative estimate of drug-likeness (QED) is 0.777. The zero-order chi connectivity index (χ0) is 15.7. The summed E-state index contributed by atoms with van der Waals surface area (Å²) >= 11 is 12.0. The Kier molecular flexibility index (Phi) is 4.68. The van der Waals surface area contributed by atoms with E-state index < -0.39 is 6.09 Å². The highest BCUT2D eigenvalue weighted by Crippen LogP contribution is 2.29. The van der Waals surface area contributed by atoms with Crippen molar-refractivity contribution in [2.45, 2.75) is 26.3 Å². The lowest BCUT2D eigenvalue weighted by atomic mass is 9.94. The van der Waals surface area contributed by atoms with Gasteiger partial charge in [-0.25, -0.2) is 4.79 Å². The van der Waals surface area contributed by atoms with Crippen LogP contribution in [-0.2, 0) is 0 Å². The largest absolute Gasteiger partial charge is 0.465 e. The molecule has 1 aliphatic heterocycles. The lowest BCUT2D eigenvalue weighted by Crippen LogP contribution is -2.51. The molecule has 0 spiro atoms. The first kappa shape index (κ1) is 16.0. The number of amides is 2. The molecule has 1 aromatic heterocycles. The number of hydrogen-bond donors (Lipinski definition) is 3. The average molecular weight is 334 g/mol. The third-order valence-corrected chi connectivity index (χ3v) is 4.72. The summed E-state index contributed by atoms with van der Waals surface area (Å²) in [5.41, 5.74) is 0.882. The molecule has 0 aromatic carbocycles.